The van der Waals surface area contributed by atoms with Crippen molar-refractivity contribution in [1.29, 1.82) is 0 Å². The standard InChI is InChI=1S/C16H27N5O2/c1-16(2,3)23-15(22)21-10-13(11-21)19-14(17-4)18-8-12-6-7-20(5)9-12/h6-7,9,13H,8,10-11H2,1-5H3,(H2,17,18,19). The molecular formula is C16H27N5O2. The molecule has 128 valence electrons. The molecule has 2 N–H and O–H groups in total. The maximum atomic E-state index is 11.9. The lowest BCUT2D eigenvalue weighted by Crippen LogP contribution is -2.63. The lowest BCUT2D eigenvalue weighted by atomic mass is 10.1. The molecule has 1 fully saturated rings. The number of hydrogen-bond acceptors (Lipinski definition) is 3. The number of rotatable bonds is 3. The van der Waals surface area contributed by atoms with Crippen LogP contribution in [-0.2, 0) is 18.3 Å². The minimum Gasteiger partial charge on any atom is -0.444 e. The Hall–Kier alpha value is -2.18. The van der Waals surface area contributed by atoms with Crippen LogP contribution in [0.1, 0.15) is 26.3 Å². The van der Waals surface area contributed by atoms with Crippen LogP contribution in [0, 0.1) is 0 Å². The minimum absolute atomic E-state index is 0.199. The first-order valence-electron chi connectivity index (χ1n) is 7.83. The van der Waals surface area contributed by atoms with E-state index < -0.39 is 5.60 Å². The number of ether oxygens (including phenoxy) is 1. The summed E-state index contributed by atoms with van der Waals surface area (Å²) < 4.78 is 7.35. The summed E-state index contributed by atoms with van der Waals surface area (Å²) in [5, 5.41) is 6.58. The van der Waals surface area contributed by atoms with Gasteiger partial charge in [-0.2, -0.15) is 0 Å². The Morgan fingerprint density at radius 2 is 2.13 bits per heavy atom. The molecule has 0 saturated carbocycles. The van der Waals surface area contributed by atoms with Crippen molar-refractivity contribution in [2.75, 3.05) is 20.1 Å². The zero-order chi connectivity index (χ0) is 17.0. The molecule has 0 bridgehead atoms. The topological polar surface area (TPSA) is 70.9 Å². The second-order valence-corrected chi connectivity index (χ2v) is 6.84. The van der Waals surface area contributed by atoms with Gasteiger partial charge < -0.3 is 24.8 Å². The lowest BCUT2D eigenvalue weighted by molar-refractivity contribution is 0.00701. The summed E-state index contributed by atoms with van der Waals surface area (Å²) in [5.41, 5.74) is 0.738. The first-order valence-corrected chi connectivity index (χ1v) is 7.83. The average Bonchev–Trinajstić information content (AvgIpc) is 2.80. The molecule has 7 nitrogen and oxygen atoms in total. The Morgan fingerprint density at radius 3 is 2.65 bits per heavy atom. The van der Waals surface area contributed by atoms with Crippen LogP contribution in [0.4, 0.5) is 4.79 Å². The number of likely N-dealkylation sites (tertiary alicyclic amines) is 1. The highest BCUT2D eigenvalue weighted by atomic mass is 16.6. The highest BCUT2D eigenvalue weighted by Crippen LogP contribution is 2.15. The molecule has 1 amide bonds. The van der Waals surface area contributed by atoms with Crippen molar-refractivity contribution >= 4 is 12.1 Å². The fraction of sp³-hybridized carbons (Fsp3) is 0.625. The van der Waals surface area contributed by atoms with Gasteiger partial charge in [0.25, 0.3) is 0 Å². The van der Waals surface area contributed by atoms with Crippen LogP contribution in [0.15, 0.2) is 23.5 Å². The Kier molecular flexibility index (Phi) is 5.18. The molecule has 2 heterocycles. The molecule has 23 heavy (non-hydrogen) atoms. The summed E-state index contributed by atoms with van der Waals surface area (Å²) >= 11 is 0. The molecule has 1 aliphatic heterocycles. The second-order valence-electron chi connectivity index (χ2n) is 6.84. The predicted molar refractivity (Wildman–Crippen MR) is 90.3 cm³/mol. The van der Waals surface area contributed by atoms with Gasteiger partial charge in [-0.05, 0) is 32.4 Å². The molecule has 7 heteroatoms. The summed E-state index contributed by atoms with van der Waals surface area (Å²) in [4.78, 5) is 17.8. The summed E-state index contributed by atoms with van der Waals surface area (Å²) in [5.74, 6) is 0.739. The molecule has 0 unspecified atom stereocenters. The number of aliphatic imine (C=N–C) groups is 1. The van der Waals surface area contributed by atoms with E-state index in [0.29, 0.717) is 19.6 Å². The molecule has 0 spiro atoms. The van der Waals surface area contributed by atoms with E-state index in [2.05, 4.69) is 27.9 Å². The van der Waals surface area contributed by atoms with E-state index in [1.807, 2.05) is 38.6 Å². The first-order chi connectivity index (χ1) is 10.8. The van der Waals surface area contributed by atoms with Crippen molar-refractivity contribution in [3.05, 3.63) is 24.0 Å². The molecule has 1 saturated heterocycles. The number of nitrogens with one attached hydrogen (secondary N) is 2. The van der Waals surface area contributed by atoms with Crippen molar-refractivity contribution in [1.82, 2.24) is 20.1 Å². The van der Waals surface area contributed by atoms with Gasteiger partial charge in [-0.25, -0.2) is 4.79 Å². The maximum Gasteiger partial charge on any atom is 0.410 e. The Bertz CT molecular complexity index is 567. The Labute approximate surface area is 137 Å². The summed E-state index contributed by atoms with van der Waals surface area (Å²) in [6.07, 6.45) is 3.81. The number of aryl methyl sites for hydroxylation is 1. The van der Waals surface area contributed by atoms with E-state index in [1.54, 1.807) is 11.9 Å². The third-order valence-electron chi connectivity index (χ3n) is 3.45. The molecule has 2 rings (SSSR count). The molecular weight excluding hydrogens is 294 g/mol. The highest BCUT2D eigenvalue weighted by molar-refractivity contribution is 5.80. The van der Waals surface area contributed by atoms with Gasteiger partial charge in [0.1, 0.15) is 5.60 Å². The van der Waals surface area contributed by atoms with Gasteiger partial charge >= 0.3 is 6.09 Å². The van der Waals surface area contributed by atoms with Crippen LogP contribution in [0.3, 0.4) is 0 Å². The van der Waals surface area contributed by atoms with Gasteiger partial charge in [-0.1, -0.05) is 0 Å². The van der Waals surface area contributed by atoms with Crippen molar-refractivity contribution in [3.8, 4) is 0 Å². The van der Waals surface area contributed by atoms with Gasteiger partial charge in [-0.15, -0.1) is 0 Å². The normalized spacial score (nSPS) is 16.0. The second kappa shape index (κ2) is 6.93. The van der Waals surface area contributed by atoms with Crippen LogP contribution >= 0.6 is 0 Å². The van der Waals surface area contributed by atoms with Gasteiger partial charge in [-0.3, -0.25) is 4.99 Å². The molecule has 0 aromatic carbocycles. The molecule has 0 radical (unpaired) electrons. The summed E-state index contributed by atoms with van der Waals surface area (Å²) in [6.45, 7) is 7.58. The zero-order valence-electron chi connectivity index (χ0n) is 14.6. The van der Waals surface area contributed by atoms with Crippen LogP contribution < -0.4 is 10.6 Å². The zero-order valence-corrected chi connectivity index (χ0v) is 14.6. The van der Waals surface area contributed by atoms with Crippen molar-refractivity contribution < 1.29 is 9.53 Å². The fourth-order valence-corrected chi connectivity index (χ4v) is 2.28. The fourth-order valence-electron chi connectivity index (χ4n) is 2.28. The third kappa shape index (κ3) is 5.19. The maximum absolute atomic E-state index is 11.9. The van der Waals surface area contributed by atoms with Gasteiger partial charge in [0, 0.05) is 46.1 Å². The quantitative estimate of drug-likeness (QED) is 0.650. The minimum atomic E-state index is -0.455. The first kappa shape index (κ1) is 17.2. The van der Waals surface area contributed by atoms with E-state index in [1.165, 1.54) is 5.56 Å². The van der Waals surface area contributed by atoms with Crippen LogP contribution in [0.25, 0.3) is 0 Å². The monoisotopic (exact) mass is 321 g/mol. The predicted octanol–water partition coefficient (Wildman–Crippen LogP) is 1.31. The van der Waals surface area contributed by atoms with Gasteiger partial charge in [0.15, 0.2) is 5.96 Å². The highest BCUT2D eigenvalue weighted by Gasteiger charge is 2.34. The SMILES string of the molecule is CN=C(NCc1ccn(C)c1)NC1CN(C(=O)OC(C)(C)C)C1. The average molecular weight is 321 g/mol. The van der Waals surface area contributed by atoms with E-state index in [9.17, 15) is 4.79 Å². The summed E-state index contributed by atoms with van der Waals surface area (Å²) in [6, 6.07) is 2.26. The largest absolute Gasteiger partial charge is 0.444 e. The number of hydrogen-bond donors (Lipinski definition) is 2. The molecule has 0 aliphatic carbocycles. The van der Waals surface area contributed by atoms with E-state index in [-0.39, 0.29) is 12.1 Å². The van der Waals surface area contributed by atoms with E-state index in [4.69, 9.17) is 4.74 Å². The third-order valence-corrected chi connectivity index (χ3v) is 3.45. The van der Waals surface area contributed by atoms with Crippen molar-refractivity contribution in [3.63, 3.8) is 0 Å². The number of carbonyl (C=O) groups is 1. The summed E-state index contributed by atoms with van der Waals surface area (Å²) in [7, 11) is 3.74. The van der Waals surface area contributed by atoms with Gasteiger partial charge in [0.05, 0.1) is 6.04 Å². The van der Waals surface area contributed by atoms with Crippen LogP contribution in [0.5, 0.6) is 0 Å². The lowest BCUT2D eigenvalue weighted by Gasteiger charge is -2.40. The van der Waals surface area contributed by atoms with Crippen LogP contribution in [0.2, 0.25) is 0 Å². The number of nitrogens with zero attached hydrogens (tertiary/aromatic N) is 3. The smallest absolute Gasteiger partial charge is 0.410 e. The molecule has 1 aromatic rings. The number of carbonyl (C=O) groups excluding carboxylic acids is 1. The van der Waals surface area contributed by atoms with Crippen LogP contribution in [-0.4, -0.2) is 53.3 Å². The van der Waals surface area contributed by atoms with Crippen molar-refractivity contribution in [2.45, 2.75) is 39.0 Å². The number of amides is 1. The van der Waals surface area contributed by atoms with E-state index >= 15 is 0 Å². The Morgan fingerprint density at radius 1 is 1.43 bits per heavy atom. The number of aromatic nitrogens is 1. The number of guanidine groups is 1. The Balaban J connectivity index is 1.72. The van der Waals surface area contributed by atoms with Gasteiger partial charge in [0.2, 0.25) is 0 Å². The van der Waals surface area contributed by atoms with E-state index in [0.717, 1.165) is 5.96 Å². The molecule has 0 atom stereocenters. The molecule has 1 aliphatic rings. The molecule has 1 aromatic heterocycles. The van der Waals surface area contributed by atoms with Crippen molar-refractivity contribution in [2.24, 2.45) is 12.0 Å².